The number of Topliss-reactive ketones (excluding diaryl/α,β-unsaturated/α-hetero) is 1. The number of rotatable bonds is 5. The van der Waals surface area contributed by atoms with Crippen molar-refractivity contribution in [2.45, 2.75) is 25.0 Å². The average Bonchev–Trinajstić information content (AvgIpc) is 2.34. The molecule has 96 valence electrons. The van der Waals surface area contributed by atoms with Gasteiger partial charge in [-0.3, -0.25) is 0 Å². The van der Waals surface area contributed by atoms with Gasteiger partial charge < -0.3 is 0 Å². The second-order valence-electron chi connectivity index (χ2n) is 4.12. The summed E-state index contributed by atoms with van der Waals surface area (Å²) in [5, 5.41) is 0. The van der Waals surface area contributed by atoms with E-state index >= 15 is 0 Å². The van der Waals surface area contributed by atoms with Gasteiger partial charge in [0.05, 0.1) is 0 Å². The average molecular weight is 308 g/mol. The molecule has 0 atom stereocenters. The van der Waals surface area contributed by atoms with Gasteiger partial charge in [0.1, 0.15) is 0 Å². The van der Waals surface area contributed by atoms with E-state index in [0.717, 1.165) is 5.56 Å². The number of esters is 1. The number of hydrogen-bond donors (Lipinski definition) is 0. The van der Waals surface area contributed by atoms with Gasteiger partial charge in [-0.1, -0.05) is 0 Å². The zero-order chi connectivity index (χ0) is 13.5. The van der Waals surface area contributed by atoms with Crippen LogP contribution in [0, 0.1) is 0 Å². The summed E-state index contributed by atoms with van der Waals surface area (Å²) in [5.41, 5.74) is 5.22. The molecule has 0 unspecified atom stereocenters. The molecule has 3 nitrogen and oxygen atoms in total. The van der Waals surface area contributed by atoms with Crippen LogP contribution < -0.4 is 0 Å². The fourth-order valence-corrected chi connectivity index (χ4v) is 3.03. The van der Waals surface area contributed by atoms with Crippen LogP contribution in [-0.4, -0.2) is 26.4 Å². The molecule has 0 radical (unpaired) electrons. The van der Waals surface area contributed by atoms with E-state index in [1.54, 1.807) is 4.86 Å². The Labute approximate surface area is 112 Å². The Bertz CT molecular complexity index is 449. The molecular weight excluding hydrogens is 291 g/mol. The molecule has 0 amide bonds. The fourth-order valence-electron chi connectivity index (χ4n) is 1.35. The van der Waals surface area contributed by atoms with Crippen LogP contribution in [0.25, 0.3) is 0 Å². The van der Waals surface area contributed by atoms with Crippen molar-refractivity contribution in [3.8, 4) is 0 Å². The van der Waals surface area contributed by atoms with Crippen LogP contribution in [0.1, 0.15) is 12.5 Å². The molecule has 18 heavy (non-hydrogen) atoms. The summed E-state index contributed by atoms with van der Waals surface area (Å²) in [6.07, 6.45) is 0. The van der Waals surface area contributed by atoms with E-state index in [1.165, 1.54) is 6.92 Å². The molecule has 0 aliphatic heterocycles. The Balaban J connectivity index is 2.66. The SMILES string of the molecule is CC(=O)C(=C[As](C)C)C(=O)OCc1ccccc1. The maximum absolute atomic E-state index is 11.8. The summed E-state index contributed by atoms with van der Waals surface area (Å²) in [7, 11) is 0. The van der Waals surface area contributed by atoms with Gasteiger partial charge in [0, 0.05) is 0 Å². The summed E-state index contributed by atoms with van der Waals surface area (Å²) < 4.78 is 5.15. The molecular formula is C14H17AsO3. The van der Waals surface area contributed by atoms with Crippen molar-refractivity contribution in [1.29, 1.82) is 0 Å². The van der Waals surface area contributed by atoms with Crippen LogP contribution >= 0.6 is 0 Å². The van der Waals surface area contributed by atoms with Crippen molar-refractivity contribution in [2.24, 2.45) is 0 Å². The quantitative estimate of drug-likeness (QED) is 0.276. The van der Waals surface area contributed by atoms with Gasteiger partial charge in [0.15, 0.2) is 0 Å². The Morgan fingerprint density at radius 3 is 2.33 bits per heavy atom. The van der Waals surface area contributed by atoms with Crippen molar-refractivity contribution in [2.75, 3.05) is 0 Å². The molecule has 0 aliphatic carbocycles. The third-order valence-electron chi connectivity index (χ3n) is 2.20. The molecule has 4 heteroatoms. The number of carbonyl (C=O) groups excluding carboxylic acids is 2. The molecule has 0 saturated heterocycles. The van der Waals surface area contributed by atoms with Crippen LogP contribution in [0.15, 0.2) is 40.8 Å². The van der Waals surface area contributed by atoms with Crippen molar-refractivity contribution in [1.82, 2.24) is 0 Å². The molecule has 0 aliphatic rings. The number of hydrogen-bond acceptors (Lipinski definition) is 3. The molecule has 0 spiro atoms. The van der Waals surface area contributed by atoms with Crippen molar-refractivity contribution >= 4 is 26.4 Å². The number of ketones is 1. The van der Waals surface area contributed by atoms with Crippen LogP contribution in [0.5, 0.6) is 0 Å². The first-order valence-corrected chi connectivity index (χ1v) is 10.4. The summed E-state index contributed by atoms with van der Waals surface area (Å²) in [5.74, 6) is -0.745. The van der Waals surface area contributed by atoms with E-state index in [-0.39, 0.29) is 18.0 Å². The first-order valence-electron chi connectivity index (χ1n) is 5.61. The van der Waals surface area contributed by atoms with Crippen LogP contribution in [0.2, 0.25) is 11.4 Å². The van der Waals surface area contributed by atoms with Crippen molar-refractivity contribution in [3.05, 3.63) is 46.3 Å². The monoisotopic (exact) mass is 308 g/mol. The predicted molar refractivity (Wildman–Crippen MR) is 72.5 cm³/mol. The predicted octanol–water partition coefficient (Wildman–Crippen LogP) is 2.54. The van der Waals surface area contributed by atoms with Gasteiger partial charge in [-0.15, -0.1) is 0 Å². The molecule has 1 rings (SSSR count). The van der Waals surface area contributed by atoms with Crippen LogP contribution in [0.4, 0.5) is 0 Å². The molecule has 1 aromatic rings. The molecule has 0 saturated carbocycles. The zero-order valence-electron chi connectivity index (χ0n) is 10.8. The van der Waals surface area contributed by atoms with Gasteiger partial charge in [0.2, 0.25) is 0 Å². The second kappa shape index (κ2) is 7.17. The van der Waals surface area contributed by atoms with Crippen LogP contribution in [0.3, 0.4) is 0 Å². The second-order valence-corrected chi connectivity index (χ2v) is 8.71. The van der Waals surface area contributed by atoms with E-state index in [4.69, 9.17) is 4.74 Å². The molecule has 1 aromatic carbocycles. The Morgan fingerprint density at radius 2 is 1.83 bits per heavy atom. The molecule has 0 bridgehead atoms. The van der Waals surface area contributed by atoms with E-state index in [9.17, 15) is 9.59 Å². The van der Waals surface area contributed by atoms with Crippen molar-refractivity contribution in [3.63, 3.8) is 0 Å². The first kappa shape index (κ1) is 14.7. The minimum atomic E-state index is -1.19. The van der Waals surface area contributed by atoms with Gasteiger partial charge >= 0.3 is 112 Å². The first-order chi connectivity index (χ1) is 8.50. The number of ether oxygens (including phenoxy) is 1. The summed E-state index contributed by atoms with van der Waals surface area (Å²) in [6, 6.07) is 9.42. The summed E-state index contributed by atoms with van der Waals surface area (Å²) >= 11 is -1.19. The van der Waals surface area contributed by atoms with E-state index in [0.29, 0.717) is 0 Å². The van der Waals surface area contributed by atoms with Crippen LogP contribution in [-0.2, 0) is 20.9 Å². The summed E-state index contributed by atoms with van der Waals surface area (Å²) in [6.45, 7) is 1.60. The Hall–Kier alpha value is -1.34. The molecule has 0 N–H and O–H groups in total. The molecule has 0 aromatic heterocycles. The molecule has 0 fully saturated rings. The third kappa shape index (κ3) is 4.89. The standard InChI is InChI=1S/C14H17AsO3/c1-11(16)13(9-15(2)3)14(17)18-10-12-7-5-4-6-8-12/h4-9H,10H2,1-3H3. The van der Waals surface area contributed by atoms with Crippen molar-refractivity contribution < 1.29 is 14.3 Å². The van der Waals surface area contributed by atoms with Gasteiger partial charge in [0.25, 0.3) is 0 Å². The van der Waals surface area contributed by atoms with Gasteiger partial charge in [-0.25, -0.2) is 0 Å². The van der Waals surface area contributed by atoms with E-state index in [2.05, 4.69) is 11.4 Å². The van der Waals surface area contributed by atoms with Gasteiger partial charge in [-0.2, -0.15) is 0 Å². The molecule has 0 heterocycles. The number of carbonyl (C=O) groups is 2. The summed E-state index contributed by atoms with van der Waals surface area (Å²) in [4.78, 5) is 25.0. The van der Waals surface area contributed by atoms with Gasteiger partial charge in [-0.05, 0) is 0 Å². The number of benzene rings is 1. The minimum absolute atomic E-state index is 0.191. The normalized spacial score (nSPS) is 11.4. The zero-order valence-corrected chi connectivity index (χ0v) is 12.7. The Kier molecular flexibility index (Phi) is 5.86. The maximum atomic E-state index is 11.8. The Morgan fingerprint density at radius 1 is 1.22 bits per heavy atom. The topological polar surface area (TPSA) is 43.4 Å². The fraction of sp³-hybridized carbons (Fsp3) is 0.286. The van der Waals surface area contributed by atoms with E-state index in [1.807, 2.05) is 30.3 Å². The third-order valence-corrected chi connectivity index (χ3v) is 3.82. The van der Waals surface area contributed by atoms with E-state index < -0.39 is 20.6 Å².